The highest BCUT2D eigenvalue weighted by Crippen LogP contribution is 2.36. The van der Waals surface area contributed by atoms with Gasteiger partial charge in [-0.15, -0.1) is 0 Å². The van der Waals surface area contributed by atoms with Gasteiger partial charge in [-0.05, 0) is 38.5 Å². The van der Waals surface area contributed by atoms with Gasteiger partial charge in [0.1, 0.15) is 12.1 Å². The van der Waals surface area contributed by atoms with Crippen molar-refractivity contribution in [2.75, 3.05) is 5.32 Å². The second-order valence-corrected chi connectivity index (χ2v) is 6.74. The summed E-state index contributed by atoms with van der Waals surface area (Å²) in [6.07, 6.45) is 6.59. The van der Waals surface area contributed by atoms with Gasteiger partial charge in [-0.2, -0.15) is 14.6 Å². The Labute approximate surface area is 119 Å². The van der Waals surface area contributed by atoms with Crippen LogP contribution in [-0.4, -0.2) is 25.6 Å². The van der Waals surface area contributed by atoms with Gasteiger partial charge in [-0.25, -0.2) is 4.98 Å². The molecule has 5 nitrogen and oxygen atoms in total. The van der Waals surface area contributed by atoms with E-state index in [-0.39, 0.29) is 0 Å². The smallest absolute Gasteiger partial charge is 0.254 e. The van der Waals surface area contributed by atoms with E-state index in [4.69, 9.17) is 0 Å². The van der Waals surface area contributed by atoms with Crippen LogP contribution in [0.2, 0.25) is 0 Å². The summed E-state index contributed by atoms with van der Waals surface area (Å²) in [5.41, 5.74) is 2.60. The molecule has 2 aromatic rings. The summed E-state index contributed by atoms with van der Waals surface area (Å²) in [4.78, 5) is 8.67. The minimum Gasteiger partial charge on any atom is -0.367 e. The van der Waals surface area contributed by atoms with Crippen LogP contribution in [-0.2, 0) is 0 Å². The second kappa shape index (κ2) is 4.72. The van der Waals surface area contributed by atoms with Crippen LogP contribution in [0.5, 0.6) is 0 Å². The van der Waals surface area contributed by atoms with Crippen molar-refractivity contribution in [2.24, 2.45) is 5.41 Å². The lowest BCUT2D eigenvalue weighted by atomic mass is 9.75. The van der Waals surface area contributed by atoms with Gasteiger partial charge in [-0.1, -0.05) is 20.3 Å². The molecule has 0 spiro atoms. The van der Waals surface area contributed by atoms with Crippen molar-refractivity contribution in [3.8, 4) is 0 Å². The van der Waals surface area contributed by atoms with Crippen LogP contribution in [0.3, 0.4) is 0 Å². The summed E-state index contributed by atoms with van der Waals surface area (Å²) < 4.78 is 1.82. The Hall–Kier alpha value is -1.65. The maximum absolute atomic E-state index is 4.47. The lowest BCUT2D eigenvalue weighted by Crippen LogP contribution is -2.32. The molecule has 20 heavy (non-hydrogen) atoms. The first-order valence-corrected chi connectivity index (χ1v) is 7.40. The van der Waals surface area contributed by atoms with Crippen LogP contribution in [0.15, 0.2) is 6.33 Å². The quantitative estimate of drug-likeness (QED) is 0.913. The third-order valence-electron chi connectivity index (χ3n) is 4.45. The zero-order chi connectivity index (χ0) is 14.3. The minimum absolute atomic E-state index is 0.424. The number of aromatic nitrogens is 4. The van der Waals surface area contributed by atoms with Gasteiger partial charge < -0.3 is 5.32 Å². The zero-order valence-electron chi connectivity index (χ0n) is 12.8. The Kier molecular flexibility index (Phi) is 3.15. The van der Waals surface area contributed by atoms with Gasteiger partial charge in [0.05, 0.1) is 0 Å². The fourth-order valence-corrected chi connectivity index (χ4v) is 3.22. The van der Waals surface area contributed by atoms with E-state index in [1.54, 1.807) is 6.33 Å². The molecule has 1 N–H and O–H groups in total. The summed E-state index contributed by atoms with van der Waals surface area (Å²) in [7, 11) is 0. The minimum atomic E-state index is 0.424. The van der Waals surface area contributed by atoms with Crippen molar-refractivity contribution in [3.05, 3.63) is 17.6 Å². The first kappa shape index (κ1) is 13.3. The molecule has 0 saturated heterocycles. The number of aryl methyl sites for hydroxylation is 1. The maximum Gasteiger partial charge on any atom is 0.254 e. The van der Waals surface area contributed by atoms with E-state index in [2.05, 4.69) is 41.2 Å². The van der Waals surface area contributed by atoms with E-state index in [1.807, 2.05) is 11.4 Å². The molecule has 0 bridgehead atoms. The van der Waals surface area contributed by atoms with Crippen molar-refractivity contribution in [1.82, 2.24) is 19.6 Å². The number of hydrogen-bond donors (Lipinski definition) is 1. The standard InChI is InChI=1S/C15H23N5/c1-10-11(2)18-14-16-9-17-20(14)13(10)19-12-6-5-7-15(3,4)8-12/h9,12,19H,5-8H2,1-4H3. The van der Waals surface area contributed by atoms with Crippen LogP contribution >= 0.6 is 0 Å². The molecule has 2 heterocycles. The highest BCUT2D eigenvalue weighted by Gasteiger charge is 2.28. The zero-order valence-corrected chi connectivity index (χ0v) is 12.8. The lowest BCUT2D eigenvalue weighted by Gasteiger charge is -2.36. The Balaban J connectivity index is 1.94. The summed E-state index contributed by atoms with van der Waals surface area (Å²) >= 11 is 0. The summed E-state index contributed by atoms with van der Waals surface area (Å²) in [6, 6.07) is 0.506. The third-order valence-corrected chi connectivity index (χ3v) is 4.45. The van der Waals surface area contributed by atoms with Crippen molar-refractivity contribution in [3.63, 3.8) is 0 Å². The predicted octanol–water partition coefficient (Wildman–Crippen LogP) is 3.12. The SMILES string of the molecule is Cc1nc2ncnn2c(NC2CCCC(C)(C)C2)c1C. The van der Waals surface area contributed by atoms with Gasteiger partial charge in [-0.3, -0.25) is 0 Å². The lowest BCUT2D eigenvalue weighted by molar-refractivity contribution is 0.229. The molecule has 1 aliphatic carbocycles. The van der Waals surface area contributed by atoms with Gasteiger partial charge in [0.25, 0.3) is 5.78 Å². The Bertz CT molecular complexity index is 628. The molecule has 1 aliphatic rings. The van der Waals surface area contributed by atoms with Crippen LogP contribution in [0, 0.1) is 19.3 Å². The Morgan fingerprint density at radius 2 is 2.15 bits per heavy atom. The van der Waals surface area contributed by atoms with E-state index < -0.39 is 0 Å². The van der Waals surface area contributed by atoms with E-state index in [9.17, 15) is 0 Å². The Morgan fingerprint density at radius 3 is 2.90 bits per heavy atom. The third kappa shape index (κ3) is 2.37. The molecule has 3 rings (SSSR count). The predicted molar refractivity (Wildman–Crippen MR) is 79.9 cm³/mol. The number of fused-ring (bicyclic) bond motifs is 1. The second-order valence-electron chi connectivity index (χ2n) is 6.74. The van der Waals surface area contributed by atoms with Crippen molar-refractivity contribution >= 4 is 11.6 Å². The maximum atomic E-state index is 4.47. The average Bonchev–Trinajstić information content (AvgIpc) is 2.81. The molecule has 1 unspecified atom stereocenters. The summed E-state index contributed by atoms with van der Waals surface area (Å²) in [5, 5.41) is 8.00. The molecule has 1 saturated carbocycles. The molecule has 1 fully saturated rings. The number of nitrogens with zero attached hydrogens (tertiary/aromatic N) is 4. The topological polar surface area (TPSA) is 55.1 Å². The van der Waals surface area contributed by atoms with Crippen molar-refractivity contribution in [1.29, 1.82) is 0 Å². The molecule has 108 valence electrons. The molecule has 1 atom stereocenters. The first-order valence-electron chi connectivity index (χ1n) is 7.40. The highest BCUT2D eigenvalue weighted by atomic mass is 15.4. The van der Waals surface area contributed by atoms with Crippen molar-refractivity contribution < 1.29 is 0 Å². The summed E-state index contributed by atoms with van der Waals surface area (Å²) in [5.74, 6) is 1.72. The van der Waals surface area contributed by atoms with Gasteiger partial charge >= 0.3 is 0 Å². The van der Waals surface area contributed by atoms with Gasteiger partial charge in [0.2, 0.25) is 0 Å². The van der Waals surface area contributed by atoms with E-state index in [0.717, 1.165) is 17.1 Å². The summed E-state index contributed by atoms with van der Waals surface area (Å²) in [6.45, 7) is 8.84. The first-order chi connectivity index (χ1) is 9.46. The molecule has 2 aromatic heterocycles. The van der Waals surface area contributed by atoms with Crippen LogP contribution in [0.4, 0.5) is 5.82 Å². The van der Waals surface area contributed by atoms with E-state index in [0.29, 0.717) is 17.2 Å². The van der Waals surface area contributed by atoms with Crippen molar-refractivity contribution in [2.45, 2.75) is 59.4 Å². The molecule has 0 amide bonds. The monoisotopic (exact) mass is 273 g/mol. The number of nitrogens with one attached hydrogen (secondary N) is 1. The van der Waals surface area contributed by atoms with Crippen LogP contribution < -0.4 is 5.32 Å². The highest BCUT2D eigenvalue weighted by molar-refractivity contribution is 5.52. The fraction of sp³-hybridized carbons (Fsp3) is 0.667. The number of hydrogen-bond acceptors (Lipinski definition) is 4. The fourth-order valence-electron chi connectivity index (χ4n) is 3.22. The number of rotatable bonds is 2. The van der Waals surface area contributed by atoms with E-state index in [1.165, 1.54) is 25.7 Å². The molecule has 0 aliphatic heterocycles. The van der Waals surface area contributed by atoms with E-state index >= 15 is 0 Å². The van der Waals surface area contributed by atoms with Crippen LogP contribution in [0.1, 0.15) is 50.8 Å². The number of anilines is 1. The van der Waals surface area contributed by atoms with Gasteiger partial charge in [0, 0.05) is 17.3 Å². The van der Waals surface area contributed by atoms with Crippen LogP contribution in [0.25, 0.3) is 5.78 Å². The average molecular weight is 273 g/mol. The molecule has 0 aromatic carbocycles. The Morgan fingerprint density at radius 1 is 1.35 bits per heavy atom. The largest absolute Gasteiger partial charge is 0.367 e. The molecular formula is C15H23N5. The normalized spacial score (nSPS) is 22.1. The van der Waals surface area contributed by atoms with Gasteiger partial charge in [0.15, 0.2) is 0 Å². The molecule has 5 heteroatoms. The molecular weight excluding hydrogens is 250 g/mol. The molecule has 0 radical (unpaired) electrons.